The van der Waals surface area contributed by atoms with Gasteiger partial charge in [0.05, 0.1) is 23.7 Å². The lowest BCUT2D eigenvalue weighted by Gasteiger charge is -2.32. The molecule has 29 heavy (non-hydrogen) atoms. The molecular formula is C22H21BrClNO3S. The zero-order valence-corrected chi connectivity index (χ0v) is 19.4. The van der Waals surface area contributed by atoms with Crippen LogP contribution in [0.5, 0.6) is 5.75 Å². The third kappa shape index (κ3) is 4.44. The maximum absolute atomic E-state index is 13.7. The molecule has 0 aliphatic heterocycles. The number of halogens is 2. The molecule has 4 nitrogen and oxygen atoms in total. The average molecular weight is 495 g/mol. The van der Waals surface area contributed by atoms with Crippen LogP contribution >= 0.6 is 27.5 Å². The number of methoxy groups -OCH3 is 1. The molecule has 1 unspecified atom stereocenters. The van der Waals surface area contributed by atoms with Gasteiger partial charge in [-0.2, -0.15) is 0 Å². The molecule has 0 bridgehead atoms. The van der Waals surface area contributed by atoms with E-state index in [-0.39, 0.29) is 4.90 Å². The lowest BCUT2D eigenvalue weighted by atomic mass is 10.1. The molecule has 0 saturated carbocycles. The highest BCUT2D eigenvalue weighted by molar-refractivity contribution is 9.10. The van der Waals surface area contributed by atoms with Crippen LogP contribution in [0.25, 0.3) is 0 Å². The predicted octanol–water partition coefficient (Wildman–Crippen LogP) is 6.38. The van der Waals surface area contributed by atoms with E-state index in [1.807, 2.05) is 44.2 Å². The Morgan fingerprint density at radius 2 is 1.76 bits per heavy atom. The van der Waals surface area contributed by atoms with Gasteiger partial charge in [0.15, 0.2) is 0 Å². The summed E-state index contributed by atoms with van der Waals surface area (Å²) in [6.45, 7) is 3.67. The summed E-state index contributed by atoms with van der Waals surface area (Å²) in [6.07, 6.45) is 0. The molecule has 0 radical (unpaired) electrons. The van der Waals surface area contributed by atoms with Crippen molar-refractivity contribution in [2.24, 2.45) is 0 Å². The van der Waals surface area contributed by atoms with Crippen molar-refractivity contribution in [1.29, 1.82) is 0 Å². The lowest BCUT2D eigenvalue weighted by molar-refractivity contribution is 0.407. The summed E-state index contributed by atoms with van der Waals surface area (Å²) in [5.41, 5.74) is 2.11. The van der Waals surface area contributed by atoms with Crippen molar-refractivity contribution in [2.45, 2.75) is 24.8 Å². The Kier molecular flexibility index (Phi) is 6.56. The van der Waals surface area contributed by atoms with Gasteiger partial charge in [0.25, 0.3) is 10.0 Å². The second kappa shape index (κ2) is 8.78. The van der Waals surface area contributed by atoms with Gasteiger partial charge in [-0.3, -0.25) is 4.31 Å². The molecule has 0 N–H and O–H groups in total. The van der Waals surface area contributed by atoms with Crippen LogP contribution in [0.1, 0.15) is 24.1 Å². The van der Waals surface area contributed by atoms with Crippen LogP contribution < -0.4 is 9.04 Å². The summed E-state index contributed by atoms with van der Waals surface area (Å²) in [6, 6.07) is 18.9. The third-order valence-corrected chi connectivity index (χ3v) is 7.50. The number of nitrogens with zero attached hydrogens (tertiary/aromatic N) is 1. The van der Waals surface area contributed by atoms with E-state index in [2.05, 4.69) is 15.9 Å². The first kappa shape index (κ1) is 21.7. The van der Waals surface area contributed by atoms with E-state index < -0.39 is 16.1 Å². The molecule has 0 heterocycles. The van der Waals surface area contributed by atoms with Gasteiger partial charge in [-0.15, -0.1) is 0 Å². The fraction of sp³-hybridized carbons (Fsp3) is 0.182. The van der Waals surface area contributed by atoms with Crippen LogP contribution in [0.4, 0.5) is 5.69 Å². The minimum Gasteiger partial charge on any atom is -0.496 e. The molecule has 152 valence electrons. The first-order valence-corrected chi connectivity index (χ1v) is 11.6. The van der Waals surface area contributed by atoms with Gasteiger partial charge in [-0.1, -0.05) is 57.9 Å². The summed E-state index contributed by atoms with van der Waals surface area (Å²) in [5.74, 6) is 0.622. The van der Waals surface area contributed by atoms with Crippen molar-refractivity contribution < 1.29 is 13.2 Å². The fourth-order valence-electron chi connectivity index (χ4n) is 3.17. The molecule has 3 rings (SSSR count). The Morgan fingerprint density at radius 3 is 2.41 bits per heavy atom. The molecule has 7 heteroatoms. The molecule has 0 spiro atoms. The van der Waals surface area contributed by atoms with Crippen LogP contribution in [-0.2, 0) is 10.0 Å². The minimum absolute atomic E-state index is 0.134. The van der Waals surface area contributed by atoms with E-state index in [1.165, 1.54) is 10.4 Å². The predicted molar refractivity (Wildman–Crippen MR) is 121 cm³/mol. The number of hydrogen-bond donors (Lipinski definition) is 0. The Bertz CT molecular complexity index is 1130. The van der Waals surface area contributed by atoms with E-state index in [4.69, 9.17) is 16.3 Å². The van der Waals surface area contributed by atoms with Gasteiger partial charge in [0.1, 0.15) is 5.75 Å². The van der Waals surface area contributed by atoms with Crippen LogP contribution in [0.3, 0.4) is 0 Å². The van der Waals surface area contributed by atoms with Crippen LogP contribution in [-0.4, -0.2) is 15.5 Å². The lowest BCUT2D eigenvalue weighted by Crippen LogP contribution is -2.34. The summed E-state index contributed by atoms with van der Waals surface area (Å²) in [4.78, 5) is 0.134. The van der Waals surface area contributed by atoms with Crippen LogP contribution in [0.15, 0.2) is 76.1 Å². The smallest absolute Gasteiger partial charge is 0.264 e. The first-order valence-electron chi connectivity index (χ1n) is 8.94. The van der Waals surface area contributed by atoms with E-state index in [0.29, 0.717) is 16.5 Å². The summed E-state index contributed by atoms with van der Waals surface area (Å²) in [7, 11) is -2.34. The molecule has 0 saturated heterocycles. The number of sulfonamides is 1. The molecule has 0 fully saturated rings. The van der Waals surface area contributed by atoms with Crippen molar-refractivity contribution in [3.8, 4) is 5.75 Å². The Labute approximate surface area is 185 Å². The number of ether oxygens (including phenoxy) is 1. The van der Waals surface area contributed by atoms with Gasteiger partial charge in [-0.25, -0.2) is 8.42 Å². The van der Waals surface area contributed by atoms with Crippen molar-refractivity contribution in [3.05, 3.63) is 87.4 Å². The third-order valence-electron chi connectivity index (χ3n) is 4.70. The van der Waals surface area contributed by atoms with Gasteiger partial charge < -0.3 is 4.74 Å². The second-order valence-corrected chi connectivity index (χ2v) is 9.75. The van der Waals surface area contributed by atoms with Crippen molar-refractivity contribution in [2.75, 3.05) is 11.4 Å². The van der Waals surface area contributed by atoms with Crippen LogP contribution in [0.2, 0.25) is 5.02 Å². The maximum atomic E-state index is 13.7. The highest BCUT2D eigenvalue weighted by Gasteiger charge is 2.32. The number of aryl methyl sites for hydroxylation is 1. The largest absolute Gasteiger partial charge is 0.496 e. The molecule has 0 aromatic heterocycles. The molecular weight excluding hydrogens is 474 g/mol. The first-order chi connectivity index (χ1) is 13.8. The zero-order valence-electron chi connectivity index (χ0n) is 16.3. The Morgan fingerprint density at radius 1 is 1.03 bits per heavy atom. The molecule has 0 aliphatic carbocycles. The quantitative estimate of drug-likeness (QED) is 0.400. The van der Waals surface area contributed by atoms with Crippen molar-refractivity contribution in [3.63, 3.8) is 0 Å². The van der Waals surface area contributed by atoms with Gasteiger partial charge in [0, 0.05) is 15.1 Å². The monoisotopic (exact) mass is 493 g/mol. The van der Waals surface area contributed by atoms with Crippen molar-refractivity contribution >= 4 is 43.2 Å². The molecule has 3 aromatic rings. The number of rotatable bonds is 6. The average Bonchev–Trinajstić information content (AvgIpc) is 2.69. The minimum atomic E-state index is -3.91. The number of benzene rings is 3. The molecule has 0 aliphatic rings. The fourth-order valence-corrected chi connectivity index (χ4v) is 5.46. The van der Waals surface area contributed by atoms with E-state index in [9.17, 15) is 8.42 Å². The summed E-state index contributed by atoms with van der Waals surface area (Å²) >= 11 is 9.67. The number of para-hydroxylation sites is 1. The molecule has 1 atom stereocenters. The zero-order chi connectivity index (χ0) is 21.2. The van der Waals surface area contributed by atoms with Gasteiger partial charge >= 0.3 is 0 Å². The Hall–Kier alpha value is -2.02. The maximum Gasteiger partial charge on any atom is 0.264 e. The Balaban J connectivity index is 2.21. The van der Waals surface area contributed by atoms with Gasteiger partial charge in [0.2, 0.25) is 0 Å². The number of anilines is 1. The van der Waals surface area contributed by atoms with Crippen LogP contribution in [0, 0.1) is 6.92 Å². The van der Waals surface area contributed by atoms with Crippen molar-refractivity contribution in [1.82, 2.24) is 0 Å². The van der Waals surface area contributed by atoms with Gasteiger partial charge in [-0.05, 0) is 55.8 Å². The van der Waals surface area contributed by atoms with E-state index in [0.717, 1.165) is 15.6 Å². The van der Waals surface area contributed by atoms with E-state index in [1.54, 1.807) is 37.4 Å². The highest BCUT2D eigenvalue weighted by atomic mass is 79.9. The molecule has 3 aromatic carbocycles. The SMILES string of the molecule is COc1ccccc1C(C)N(c1cccc(Br)c1)S(=O)(=O)c1ccc(C)c(Cl)c1. The highest BCUT2D eigenvalue weighted by Crippen LogP contribution is 2.38. The normalized spacial score (nSPS) is 12.4. The summed E-state index contributed by atoms with van der Waals surface area (Å²) < 4.78 is 35.1. The van der Waals surface area contributed by atoms with E-state index >= 15 is 0 Å². The second-order valence-electron chi connectivity index (χ2n) is 6.61. The topological polar surface area (TPSA) is 46.6 Å². The summed E-state index contributed by atoms with van der Waals surface area (Å²) in [5, 5.41) is 0.408. The number of hydrogen-bond acceptors (Lipinski definition) is 3. The standard InChI is InChI=1S/C22H21BrClNO3S/c1-15-11-12-19(14-21(15)24)29(26,27)25(18-8-6-7-17(23)13-18)16(2)20-9-4-5-10-22(20)28-3/h4-14,16H,1-3H3. The molecule has 0 amide bonds.